The van der Waals surface area contributed by atoms with Gasteiger partial charge in [-0.1, -0.05) is 29.8 Å². The molecule has 0 saturated carbocycles. The third-order valence-corrected chi connectivity index (χ3v) is 2.47. The van der Waals surface area contributed by atoms with Gasteiger partial charge in [0.2, 0.25) is 0 Å². The first-order valence-corrected chi connectivity index (χ1v) is 5.19. The molecule has 72 valence electrons. The highest BCUT2D eigenvalue weighted by Gasteiger charge is 2.02. The zero-order valence-electron chi connectivity index (χ0n) is 8.03. The van der Waals surface area contributed by atoms with E-state index in [1.54, 1.807) is 0 Å². The lowest BCUT2D eigenvalue weighted by Gasteiger charge is -1.97. The molecular formula is C12H12OS. The lowest BCUT2D eigenvalue weighted by Crippen LogP contribution is -1.74. The predicted octanol–water partition coefficient (Wildman–Crippen LogP) is 3.68. The molecule has 2 aromatic rings. The van der Waals surface area contributed by atoms with Crippen LogP contribution in [-0.2, 0) is 5.75 Å². The topological polar surface area (TPSA) is 13.1 Å². The molecule has 2 heteroatoms. The molecule has 0 aliphatic rings. The van der Waals surface area contributed by atoms with Crippen LogP contribution in [0.1, 0.15) is 11.3 Å². The van der Waals surface area contributed by atoms with E-state index in [9.17, 15) is 0 Å². The zero-order valence-corrected chi connectivity index (χ0v) is 8.92. The molecule has 1 aromatic heterocycles. The highest BCUT2D eigenvalue weighted by molar-refractivity contribution is 7.79. The van der Waals surface area contributed by atoms with Crippen LogP contribution in [0.4, 0.5) is 0 Å². The minimum Gasteiger partial charge on any atom is -0.460 e. The summed E-state index contributed by atoms with van der Waals surface area (Å²) in [6.07, 6.45) is 0. The molecule has 0 radical (unpaired) electrons. The highest BCUT2D eigenvalue weighted by atomic mass is 32.1. The fraction of sp³-hybridized carbons (Fsp3) is 0.167. The van der Waals surface area contributed by atoms with E-state index in [2.05, 4.69) is 43.8 Å². The van der Waals surface area contributed by atoms with E-state index in [1.165, 1.54) is 5.56 Å². The molecule has 0 bridgehead atoms. The van der Waals surface area contributed by atoms with Crippen LogP contribution < -0.4 is 0 Å². The first-order valence-electron chi connectivity index (χ1n) is 4.56. The fourth-order valence-corrected chi connectivity index (χ4v) is 1.51. The van der Waals surface area contributed by atoms with Crippen LogP contribution in [0, 0.1) is 6.92 Å². The van der Waals surface area contributed by atoms with Crippen molar-refractivity contribution in [1.29, 1.82) is 0 Å². The average molecular weight is 204 g/mol. The Morgan fingerprint density at radius 3 is 2.36 bits per heavy atom. The third kappa shape index (κ3) is 1.85. The van der Waals surface area contributed by atoms with Crippen molar-refractivity contribution in [2.75, 3.05) is 0 Å². The van der Waals surface area contributed by atoms with Crippen molar-refractivity contribution in [3.63, 3.8) is 0 Å². The second-order valence-corrected chi connectivity index (χ2v) is 3.61. The highest BCUT2D eigenvalue weighted by Crippen LogP contribution is 2.22. The Labute approximate surface area is 89.2 Å². The van der Waals surface area contributed by atoms with Crippen molar-refractivity contribution in [1.82, 2.24) is 0 Å². The molecule has 14 heavy (non-hydrogen) atoms. The minimum atomic E-state index is 0.645. The van der Waals surface area contributed by atoms with Gasteiger partial charge < -0.3 is 4.42 Å². The van der Waals surface area contributed by atoms with Crippen LogP contribution in [0.2, 0.25) is 0 Å². The molecule has 1 heterocycles. The largest absolute Gasteiger partial charge is 0.460 e. The Hall–Kier alpha value is -1.15. The van der Waals surface area contributed by atoms with E-state index in [0.29, 0.717) is 5.75 Å². The third-order valence-electron chi connectivity index (χ3n) is 2.15. The molecule has 0 aliphatic carbocycles. The SMILES string of the molecule is Cc1ccc(-c2ccc(CS)o2)cc1. The maximum absolute atomic E-state index is 5.58. The minimum absolute atomic E-state index is 0.645. The molecule has 1 nitrogen and oxygen atoms in total. The second-order valence-electron chi connectivity index (χ2n) is 3.29. The molecule has 0 atom stereocenters. The van der Waals surface area contributed by atoms with Gasteiger partial charge in [-0.25, -0.2) is 0 Å². The number of hydrogen-bond donors (Lipinski definition) is 1. The number of rotatable bonds is 2. The Morgan fingerprint density at radius 2 is 1.79 bits per heavy atom. The number of thiol groups is 1. The molecule has 0 N–H and O–H groups in total. The maximum atomic E-state index is 5.58. The Bertz CT molecular complexity index is 414. The van der Waals surface area contributed by atoms with Gasteiger partial charge in [0.15, 0.2) is 0 Å². The van der Waals surface area contributed by atoms with E-state index >= 15 is 0 Å². The summed E-state index contributed by atoms with van der Waals surface area (Å²) >= 11 is 4.16. The molecule has 1 aromatic carbocycles. The number of aryl methyl sites for hydroxylation is 1. The number of furan rings is 1. The molecule has 0 aliphatic heterocycles. The lowest BCUT2D eigenvalue weighted by molar-refractivity contribution is 0.545. The van der Waals surface area contributed by atoms with Gasteiger partial charge in [0.1, 0.15) is 11.5 Å². The molecule has 0 fully saturated rings. The summed E-state index contributed by atoms with van der Waals surface area (Å²) in [7, 11) is 0. The summed E-state index contributed by atoms with van der Waals surface area (Å²) in [5.74, 6) is 2.46. The van der Waals surface area contributed by atoms with Gasteiger partial charge in [0, 0.05) is 11.3 Å². The standard InChI is InChI=1S/C12H12OS/c1-9-2-4-10(5-3-9)12-7-6-11(8-14)13-12/h2-7,14H,8H2,1H3. The monoisotopic (exact) mass is 204 g/mol. The Balaban J connectivity index is 2.34. The van der Waals surface area contributed by atoms with Crippen LogP contribution in [0.25, 0.3) is 11.3 Å². The molecule has 0 unspecified atom stereocenters. The van der Waals surface area contributed by atoms with Gasteiger partial charge in [-0.2, -0.15) is 12.6 Å². The molecule has 2 rings (SSSR count). The number of benzene rings is 1. The number of hydrogen-bond acceptors (Lipinski definition) is 2. The van der Waals surface area contributed by atoms with Gasteiger partial charge in [0.25, 0.3) is 0 Å². The first kappa shape index (κ1) is 9.41. The summed E-state index contributed by atoms with van der Waals surface area (Å²) < 4.78 is 5.58. The quantitative estimate of drug-likeness (QED) is 0.736. The maximum Gasteiger partial charge on any atom is 0.134 e. The van der Waals surface area contributed by atoms with Crippen molar-refractivity contribution >= 4 is 12.6 Å². The van der Waals surface area contributed by atoms with Crippen molar-refractivity contribution in [3.05, 3.63) is 47.7 Å². The van der Waals surface area contributed by atoms with Gasteiger partial charge in [-0.15, -0.1) is 0 Å². The van der Waals surface area contributed by atoms with E-state index < -0.39 is 0 Å². The van der Waals surface area contributed by atoms with E-state index in [1.807, 2.05) is 12.1 Å². The van der Waals surface area contributed by atoms with Crippen molar-refractivity contribution in [2.24, 2.45) is 0 Å². The van der Waals surface area contributed by atoms with Crippen LogP contribution >= 0.6 is 12.6 Å². The van der Waals surface area contributed by atoms with Crippen LogP contribution in [-0.4, -0.2) is 0 Å². The molecule has 0 spiro atoms. The average Bonchev–Trinajstić information content (AvgIpc) is 2.67. The Kier molecular flexibility index (Phi) is 2.64. The normalized spacial score (nSPS) is 10.4. The smallest absolute Gasteiger partial charge is 0.134 e. The lowest BCUT2D eigenvalue weighted by atomic mass is 10.1. The van der Waals surface area contributed by atoms with Crippen LogP contribution in [0.15, 0.2) is 40.8 Å². The molecule has 0 saturated heterocycles. The van der Waals surface area contributed by atoms with Gasteiger partial charge in [-0.05, 0) is 19.1 Å². The summed E-state index contributed by atoms with van der Waals surface area (Å²) in [6.45, 7) is 2.07. The Morgan fingerprint density at radius 1 is 1.07 bits per heavy atom. The van der Waals surface area contributed by atoms with Crippen LogP contribution in [0.5, 0.6) is 0 Å². The van der Waals surface area contributed by atoms with Crippen molar-refractivity contribution < 1.29 is 4.42 Å². The summed E-state index contributed by atoms with van der Waals surface area (Å²) in [6, 6.07) is 12.2. The van der Waals surface area contributed by atoms with Gasteiger partial charge in [-0.3, -0.25) is 0 Å². The summed E-state index contributed by atoms with van der Waals surface area (Å²) in [5.41, 5.74) is 2.37. The second kappa shape index (κ2) is 3.93. The molecule has 0 amide bonds. The fourth-order valence-electron chi connectivity index (χ4n) is 1.34. The summed E-state index contributed by atoms with van der Waals surface area (Å²) in [5, 5.41) is 0. The van der Waals surface area contributed by atoms with E-state index in [4.69, 9.17) is 4.42 Å². The predicted molar refractivity (Wildman–Crippen MR) is 61.6 cm³/mol. The van der Waals surface area contributed by atoms with E-state index in [0.717, 1.165) is 17.1 Å². The zero-order chi connectivity index (χ0) is 9.97. The van der Waals surface area contributed by atoms with Crippen LogP contribution in [0.3, 0.4) is 0 Å². The summed E-state index contributed by atoms with van der Waals surface area (Å²) in [4.78, 5) is 0. The van der Waals surface area contributed by atoms with Gasteiger partial charge in [0.05, 0.1) is 0 Å². The first-order chi connectivity index (χ1) is 6.79. The molecular weight excluding hydrogens is 192 g/mol. The van der Waals surface area contributed by atoms with Crippen molar-refractivity contribution in [2.45, 2.75) is 12.7 Å². The van der Waals surface area contributed by atoms with Crippen molar-refractivity contribution in [3.8, 4) is 11.3 Å². The van der Waals surface area contributed by atoms with Gasteiger partial charge >= 0.3 is 0 Å². The van der Waals surface area contributed by atoms with E-state index in [-0.39, 0.29) is 0 Å².